The Morgan fingerprint density at radius 3 is 2.68 bits per heavy atom. The summed E-state index contributed by atoms with van der Waals surface area (Å²) < 4.78 is 6.34. The number of hydrogen-bond donors (Lipinski definition) is 1. The molecule has 0 heterocycles. The van der Waals surface area contributed by atoms with Gasteiger partial charge in [0.05, 0.1) is 7.11 Å². The molecule has 19 heavy (non-hydrogen) atoms. The Labute approximate surface area is 122 Å². The molecule has 0 aliphatic rings. The van der Waals surface area contributed by atoms with E-state index in [0.717, 1.165) is 22.2 Å². The molecule has 0 aliphatic heterocycles. The standard InChI is InChI=1S/C16H18BrNO/c1-11-5-3-8-14(16(11)17)15(18)10-12-6-4-7-13(9-12)19-2/h3-9,15H,10,18H2,1-2H3. The zero-order valence-electron chi connectivity index (χ0n) is 11.2. The third-order valence-electron chi connectivity index (χ3n) is 3.21. The van der Waals surface area contributed by atoms with E-state index in [-0.39, 0.29) is 6.04 Å². The minimum Gasteiger partial charge on any atom is -0.497 e. The third-order valence-corrected chi connectivity index (χ3v) is 4.29. The van der Waals surface area contributed by atoms with Crippen LogP contribution < -0.4 is 10.5 Å². The van der Waals surface area contributed by atoms with E-state index in [0.29, 0.717) is 0 Å². The number of ether oxygens (including phenoxy) is 1. The number of nitrogens with two attached hydrogens (primary N) is 1. The lowest BCUT2D eigenvalue weighted by atomic mass is 9.98. The van der Waals surface area contributed by atoms with Gasteiger partial charge in [-0.15, -0.1) is 0 Å². The van der Waals surface area contributed by atoms with Gasteiger partial charge >= 0.3 is 0 Å². The first-order valence-corrected chi connectivity index (χ1v) is 7.04. The third kappa shape index (κ3) is 3.37. The second-order valence-electron chi connectivity index (χ2n) is 4.64. The Bertz CT molecular complexity index is 568. The van der Waals surface area contributed by atoms with E-state index in [1.54, 1.807) is 7.11 Å². The molecule has 0 bridgehead atoms. The summed E-state index contributed by atoms with van der Waals surface area (Å²) in [6.45, 7) is 2.08. The van der Waals surface area contributed by atoms with Crippen molar-refractivity contribution < 1.29 is 4.74 Å². The molecule has 2 aromatic rings. The predicted octanol–water partition coefficient (Wildman–Crippen LogP) is 4.01. The van der Waals surface area contributed by atoms with E-state index in [1.165, 1.54) is 11.1 Å². The molecule has 0 spiro atoms. The van der Waals surface area contributed by atoms with Crippen molar-refractivity contribution >= 4 is 15.9 Å². The van der Waals surface area contributed by atoms with Crippen molar-refractivity contribution in [3.8, 4) is 5.75 Å². The van der Waals surface area contributed by atoms with Gasteiger partial charge in [-0.2, -0.15) is 0 Å². The van der Waals surface area contributed by atoms with E-state index < -0.39 is 0 Å². The van der Waals surface area contributed by atoms with Crippen LogP contribution in [0.3, 0.4) is 0 Å². The molecule has 0 fully saturated rings. The molecule has 2 rings (SSSR count). The number of aryl methyl sites for hydroxylation is 1. The molecular formula is C16H18BrNO. The molecule has 0 aliphatic carbocycles. The van der Waals surface area contributed by atoms with Crippen LogP contribution in [0.5, 0.6) is 5.75 Å². The summed E-state index contributed by atoms with van der Waals surface area (Å²) >= 11 is 3.62. The van der Waals surface area contributed by atoms with Gasteiger partial charge in [0.15, 0.2) is 0 Å². The summed E-state index contributed by atoms with van der Waals surface area (Å²) in [5.74, 6) is 0.869. The summed E-state index contributed by atoms with van der Waals surface area (Å²) in [7, 11) is 1.68. The molecule has 2 nitrogen and oxygen atoms in total. The fourth-order valence-electron chi connectivity index (χ4n) is 2.12. The first-order valence-electron chi connectivity index (χ1n) is 6.25. The Hall–Kier alpha value is -1.32. The second-order valence-corrected chi connectivity index (χ2v) is 5.43. The maximum absolute atomic E-state index is 6.32. The van der Waals surface area contributed by atoms with Crippen molar-refractivity contribution in [3.05, 3.63) is 63.6 Å². The fraction of sp³-hybridized carbons (Fsp3) is 0.250. The van der Waals surface area contributed by atoms with Gasteiger partial charge in [0, 0.05) is 10.5 Å². The molecule has 0 amide bonds. The molecule has 1 unspecified atom stereocenters. The van der Waals surface area contributed by atoms with Crippen LogP contribution in [0.1, 0.15) is 22.7 Å². The molecule has 0 radical (unpaired) electrons. The molecule has 1 atom stereocenters. The summed E-state index contributed by atoms with van der Waals surface area (Å²) in [4.78, 5) is 0. The van der Waals surface area contributed by atoms with Crippen LogP contribution in [-0.2, 0) is 6.42 Å². The van der Waals surface area contributed by atoms with Gasteiger partial charge in [0.25, 0.3) is 0 Å². The quantitative estimate of drug-likeness (QED) is 0.924. The van der Waals surface area contributed by atoms with E-state index >= 15 is 0 Å². The SMILES string of the molecule is COc1cccc(CC(N)c2cccc(C)c2Br)c1. The van der Waals surface area contributed by atoms with E-state index in [4.69, 9.17) is 10.5 Å². The minimum absolute atomic E-state index is 0.0265. The predicted molar refractivity (Wildman–Crippen MR) is 82.5 cm³/mol. The van der Waals surface area contributed by atoms with Crippen LogP contribution in [0.15, 0.2) is 46.9 Å². The van der Waals surface area contributed by atoms with E-state index in [9.17, 15) is 0 Å². The molecular weight excluding hydrogens is 302 g/mol. The monoisotopic (exact) mass is 319 g/mol. The number of methoxy groups -OCH3 is 1. The normalized spacial score (nSPS) is 12.2. The highest BCUT2D eigenvalue weighted by atomic mass is 79.9. The molecule has 0 saturated carbocycles. The van der Waals surface area contributed by atoms with Gasteiger partial charge in [0.2, 0.25) is 0 Å². The average Bonchev–Trinajstić information content (AvgIpc) is 2.42. The van der Waals surface area contributed by atoms with Crippen LogP contribution in [0.4, 0.5) is 0 Å². The highest BCUT2D eigenvalue weighted by Gasteiger charge is 2.12. The number of benzene rings is 2. The number of hydrogen-bond acceptors (Lipinski definition) is 2. The van der Waals surface area contributed by atoms with E-state index in [1.807, 2.05) is 24.3 Å². The highest BCUT2D eigenvalue weighted by molar-refractivity contribution is 9.10. The lowest BCUT2D eigenvalue weighted by molar-refractivity contribution is 0.414. The number of rotatable bonds is 4. The van der Waals surface area contributed by atoms with Crippen molar-refractivity contribution in [1.82, 2.24) is 0 Å². The zero-order valence-corrected chi connectivity index (χ0v) is 12.8. The van der Waals surface area contributed by atoms with Crippen LogP contribution >= 0.6 is 15.9 Å². The Kier molecular flexibility index (Phi) is 4.61. The zero-order chi connectivity index (χ0) is 13.8. The van der Waals surface area contributed by atoms with Crippen LogP contribution in [0, 0.1) is 6.92 Å². The lowest BCUT2D eigenvalue weighted by Crippen LogP contribution is -2.14. The van der Waals surface area contributed by atoms with Crippen molar-refractivity contribution in [1.29, 1.82) is 0 Å². The van der Waals surface area contributed by atoms with Gasteiger partial charge in [-0.1, -0.05) is 46.3 Å². The summed E-state index contributed by atoms with van der Waals surface area (Å²) in [6.07, 6.45) is 0.791. The van der Waals surface area contributed by atoms with Crippen molar-refractivity contribution in [2.75, 3.05) is 7.11 Å². The molecule has 0 aromatic heterocycles. The first kappa shape index (κ1) is 14.1. The van der Waals surface area contributed by atoms with Gasteiger partial charge in [-0.05, 0) is 42.2 Å². The van der Waals surface area contributed by atoms with Gasteiger partial charge in [-0.25, -0.2) is 0 Å². The number of halogens is 1. The van der Waals surface area contributed by atoms with Gasteiger partial charge < -0.3 is 10.5 Å². The Balaban J connectivity index is 2.20. The smallest absolute Gasteiger partial charge is 0.119 e. The summed E-state index contributed by atoms with van der Waals surface area (Å²) in [5.41, 5.74) is 9.85. The molecule has 0 saturated heterocycles. The van der Waals surface area contributed by atoms with Crippen LogP contribution in [0.25, 0.3) is 0 Å². The Morgan fingerprint density at radius 2 is 1.95 bits per heavy atom. The second kappa shape index (κ2) is 6.22. The van der Waals surface area contributed by atoms with Gasteiger partial charge in [0.1, 0.15) is 5.75 Å². The molecule has 3 heteroatoms. The first-order chi connectivity index (χ1) is 9.11. The summed E-state index contributed by atoms with van der Waals surface area (Å²) in [6, 6.07) is 14.2. The lowest BCUT2D eigenvalue weighted by Gasteiger charge is -2.15. The molecule has 2 N–H and O–H groups in total. The molecule has 2 aromatic carbocycles. The largest absolute Gasteiger partial charge is 0.497 e. The van der Waals surface area contributed by atoms with Crippen molar-refractivity contribution in [2.45, 2.75) is 19.4 Å². The summed E-state index contributed by atoms with van der Waals surface area (Å²) in [5, 5.41) is 0. The maximum Gasteiger partial charge on any atom is 0.119 e. The topological polar surface area (TPSA) is 35.2 Å². The highest BCUT2D eigenvalue weighted by Crippen LogP contribution is 2.28. The Morgan fingerprint density at radius 1 is 1.21 bits per heavy atom. The van der Waals surface area contributed by atoms with E-state index in [2.05, 4.69) is 41.1 Å². The van der Waals surface area contributed by atoms with Gasteiger partial charge in [-0.3, -0.25) is 0 Å². The average molecular weight is 320 g/mol. The van der Waals surface area contributed by atoms with Crippen molar-refractivity contribution in [3.63, 3.8) is 0 Å². The van der Waals surface area contributed by atoms with Crippen LogP contribution in [-0.4, -0.2) is 7.11 Å². The fourth-order valence-corrected chi connectivity index (χ4v) is 2.68. The maximum atomic E-state index is 6.32. The van der Waals surface area contributed by atoms with Crippen molar-refractivity contribution in [2.24, 2.45) is 5.73 Å². The van der Waals surface area contributed by atoms with Crippen LogP contribution in [0.2, 0.25) is 0 Å². The minimum atomic E-state index is -0.0265. The molecule has 100 valence electrons.